The molecular weight excluding hydrogens is 198 g/mol. The summed E-state index contributed by atoms with van der Waals surface area (Å²) in [5.74, 6) is 1.20. The minimum absolute atomic E-state index is 0.380. The molecule has 0 bridgehead atoms. The molecular formula is C13H19N3. The SMILES string of the molecule is CN1CCC2(CC1)CN(C)c1ncccc12. The molecule has 0 unspecified atom stereocenters. The van der Waals surface area contributed by atoms with E-state index in [4.69, 9.17) is 0 Å². The average Bonchev–Trinajstić information content (AvgIpc) is 2.58. The maximum atomic E-state index is 4.52. The molecule has 3 rings (SSSR count). The maximum absolute atomic E-state index is 4.52. The maximum Gasteiger partial charge on any atom is 0.132 e. The van der Waals surface area contributed by atoms with E-state index in [-0.39, 0.29) is 0 Å². The predicted molar refractivity (Wildman–Crippen MR) is 65.9 cm³/mol. The normalized spacial score (nSPS) is 23.8. The average molecular weight is 217 g/mol. The number of nitrogens with zero attached hydrogens (tertiary/aromatic N) is 3. The Morgan fingerprint density at radius 3 is 2.75 bits per heavy atom. The van der Waals surface area contributed by atoms with Gasteiger partial charge in [-0.1, -0.05) is 6.07 Å². The summed E-state index contributed by atoms with van der Waals surface area (Å²) in [5, 5.41) is 0. The standard InChI is InChI=1S/C13H19N3/c1-15-8-5-13(6-9-15)10-16(2)12-11(13)4-3-7-14-12/h3-4,7H,5-6,8-10H2,1-2H3. The van der Waals surface area contributed by atoms with Crippen LogP contribution < -0.4 is 4.90 Å². The highest BCUT2D eigenvalue weighted by Gasteiger charge is 2.43. The Bertz CT molecular complexity index is 394. The highest BCUT2D eigenvalue weighted by Crippen LogP contribution is 2.44. The lowest BCUT2D eigenvalue weighted by Crippen LogP contribution is -2.43. The van der Waals surface area contributed by atoms with E-state index < -0.39 is 0 Å². The number of hydrogen-bond donors (Lipinski definition) is 0. The van der Waals surface area contributed by atoms with E-state index in [1.165, 1.54) is 37.3 Å². The summed E-state index contributed by atoms with van der Waals surface area (Å²) < 4.78 is 0. The first-order valence-corrected chi connectivity index (χ1v) is 6.06. The van der Waals surface area contributed by atoms with Crippen molar-refractivity contribution in [2.45, 2.75) is 18.3 Å². The third kappa shape index (κ3) is 1.34. The molecule has 0 aromatic carbocycles. The van der Waals surface area contributed by atoms with Gasteiger partial charge < -0.3 is 9.80 Å². The number of fused-ring (bicyclic) bond motifs is 2. The number of aromatic nitrogens is 1. The third-order valence-corrected chi connectivity index (χ3v) is 4.20. The van der Waals surface area contributed by atoms with E-state index in [0.717, 1.165) is 6.54 Å². The van der Waals surface area contributed by atoms with Crippen molar-refractivity contribution >= 4 is 5.82 Å². The lowest BCUT2D eigenvalue weighted by atomic mass is 9.75. The molecule has 86 valence electrons. The van der Waals surface area contributed by atoms with Crippen LogP contribution in [0.3, 0.4) is 0 Å². The summed E-state index contributed by atoms with van der Waals surface area (Å²) >= 11 is 0. The lowest BCUT2D eigenvalue weighted by Gasteiger charge is -2.38. The number of rotatable bonds is 0. The molecule has 0 aliphatic carbocycles. The molecule has 1 fully saturated rings. The Morgan fingerprint density at radius 2 is 2.00 bits per heavy atom. The summed E-state index contributed by atoms with van der Waals surface area (Å²) in [5.41, 5.74) is 1.86. The second-order valence-corrected chi connectivity index (χ2v) is 5.31. The zero-order valence-electron chi connectivity index (χ0n) is 10.1. The Hall–Kier alpha value is -1.09. The van der Waals surface area contributed by atoms with Crippen molar-refractivity contribution in [3.05, 3.63) is 23.9 Å². The van der Waals surface area contributed by atoms with Gasteiger partial charge in [-0.2, -0.15) is 0 Å². The number of likely N-dealkylation sites (tertiary alicyclic amines) is 1. The number of anilines is 1. The smallest absolute Gasteiger partial charge is 0.132 e. The van der Waals surface area contributed by atoms with E-state index in [2.05, 4.69) is 41.0 Å². The summed E-state index contributed by atoms with van der Waals surface area (Å²) in [7, 11) is 4.38. The van der Waals surface area contributed by atoms with Gasteiger partial charge in [-0.3, -0.25) is 0 Å². The molecule has 16 heavy (non-hydrogen) atoms. The zero-order chi connectivity index (χ0) is 11.2. The van der Waals surface area contributed by atoms with Gasteiger partial charge in [0.15, 0.2) is 0 Å². The first-order chi connectivity index (χ1) is 7.71. The molecule has 0 saturated carbocycles. The first kappa shape index (κ1) is 10.1. The summed E-state index contributed by atoms with van der Waals surface area (Å²) in [6.07, 6.45) is 4.45. The molecule has 3 heteroatoms. The minimum atomic E-state index is 0.380. The molecule has 3 heterocycles. The summed E-state index contributed by atoms with van der Waals surface area (Å²) in [4.78, 5) is 9.27. The van der Waals surface area contributed by atoms with Gasteiger partial charge in [0.2, 0.25) is 0 Å². The van der Waals surface area contributed by atoms with E-state index >= 15 is 0 Å². The Labute approximate surface area is 97.1 Å². The van der Waals surface area contributed by atoms with Crippen LogP contribution in [0.15, 0.2) is 18.3 Å². The van der Waals surface area contributed by atoms with E-state index in [1.807, 2.05) is 6.20 Å². The summed E-state index contributed by atoms with van der Waals surface area (Å²) in [6, 6.07) is 4.36. The van der Waals surface area contributed by atoms with Crippen molar-refractivity contribution in [3.63, 3.8) is 0 Å². The number of likely N-dealkylation sites (N-methyl/N-ethyl adjacent to an activating group) is 1. The van der Waals surface area contributed by atoms with Crippen LogP contribution >= 0.6 is 0 Å². The number of hydrogen-bond acceptors (Lipinski definition) is 3. The molecule has 0 radical (unpaired) electrons. The van der Waals surface area contributed by atoms with E-state index in [0.29, 0.717) is 5.41 Å². The molecule has 1 spiro atoms. The van der Waals surface area contributed by atoms with Crippen molar-refractivity contribution in [1.29, 1.82) is 0 Å². The van der Waals surface area contributed by atoms with Crippen LogP contribution in [0.1, 0.15) is 18.4 Å². The minimum Gasteiger partial charge on any atom is -0.359 e. The van der Waals surface area contributed by atoms with Gasteiger partial charge in [0.1, 0.15) is 5.82 Å². The third-order valence-electron chi connectivity index (χ3n) is 4.20. The van der Waals surface area contributed by atoms with Crippen LogP contribution in [-0.2, 0) is 5.41 Å². The van der Waals surface area contributed by atoms with Crippen molar-refractivity contribution in [2.75, 3.05) is 38.6 Å². The fourth-order valence-electron chi connectivity index (χ4n) is 3.20. The molecule has 1 aromatic heterocycles. The molecule has 2 aliphatic heterocycles. The monoisotopic (exact) mass is 217 g/mol. The van der Waals surface area contributed by atoms with Gasteiger partial charge >= 0.3 is 0 Å². The van der Waals surface area contributed by atoms with Gasteiger partial charge in [0.05, 0.1) is 0 Å². The van der Waals surface area contributed by atoms with Gasteiger partial charge in [0, 0.05) is 30.8 Å². The van der Waals surface area contributed by atoms with Gasteiger partial charge in [-0.25, -0.2) is 4.98 Å². The topological polar surface area (TPSA) is 19.4 Å². The second kappa shape index (κ2) is 3.45. The fourth-order valence-corrected chi connectivity index (χ4v) is 3.20. The van der Waals surface area contributed by atoms with E-state index in [1.54, 1.807) is 0 Å². The molecule has 0 atom stereocenters. The van der Waals surface area contributed by atoms with Crippen molar-refractivity contribution in [3.8, 4) is 0 Å². The van der Waals surface area contributed by atoms with Crippen LogP contribution in [0.2, 0.25) is 0 Å². The van der Waals surface area contributed by atoms with Crippen molar-refractivity contribution in [2.24, 2.45) is 0 Å². The van der Waals surface area contributed by atoms with Gasteiger partial charge in [0.25, 0.3) is 0 Å². The number of pyridine rings is 1. The lowest BCUT2D eigenvalue weighted by molar-refractivity contribution is 0.197. The predicted octanol–water partition coefficient (Wildman–Crippen LogP) is 1.49. The van der Waals surface area contributed by atoms with E-state index in [9.17, 15) is 0 Å². The van der Waals surface area contributed by atoms with Crippen LogP contribution in [-0.4, -0.2) is 43.6 Å². The quantitative estimate of drug-likeness (QED) is 0.656. The molecule has 0 N–H and O–H groups in total. The van der Waals surface area contributed by atoms with Crippen LogP contribution in [0, 0.1) is 0 Å². The second-order valence-electron chi connectivity index (χ2n) is 5.31. The number of piperidine rings is 1. The Balaban J connectivity index is 1.99. The highest BCUT2D eigenvalue weighted by atomic mass is 15.2. The molecule has 3 nitrogen and oxygen atoms in total. The summed E-state index contributed by atoms with van der Waals surface area (Å²) in [6.45, 7) is 3.57. The fraction of sp³-hybridized carbons (Fsp3) is 0.615. The molecule has 1 saturated heterocycles. The molecule has 0 amide bonds. The molecule has 2 aliphatic rings. The Kier molecular flexibility index (Phi) is 2.18. The largest absolute Gasteiger partial charge is 0.359 e. The van der Waals surface area contributed by atoms with Crippen LogP contribution in [0.25, 0.3) is 0 Å². The van der Waals surface area contributed by atoms with Crippen LogP contribution in [0.5, 0.6) is 0 Å². The van der Waals surface area contributed by atoms with Crippen LogP contribution in [0.4, 0.5) is 5.82 Å². The van der Waals surface area contributed by atoms with Crippen molar-refractivity contribution in [1.82, 2.24) is 9.88 Å². The highest BCUT2D eigenvalue weighted by molar-refractivity contribution is 5.57. The van der Waals surface area contributed by atoms with Crippen molar-refractivity contribution < 1.29 is 0 Å². The Morgan fingerprint density at radius 1 is 1.25 bits per heavy atom. The molecule has 1 aromatic rings. The zero-order valence-corrected chi connectivity index (χ0v) is 10.1. The van der Waals surface area contributed by atoms with Gasteiger partial charge in [-0.15, -0.1) is 0 Å². The van der Waals surface area contributed by atoms with Gasteiger partial charge in [-0.05, 0) is 39.0 Å². The first-order valence-electron chi connectivity index (χ1n) is 6.06.